The standard InChI is InChI=1S/C12H13N7/c13-8-9-10(14)19(12-15-4-3-5-16-12)17-11(9)18-6-1-2-7-18/h3-5H,1-2,6-7,14H2. The minimum Gasteiger partial charge on any atom is -0.382 e. The molecule has 96 valence electrons. The topological polar surface area (TPSA) is 96.6 Å². The molecule has 0 spiro atoms. The summed E-state index contributed by atoms with van der Waals surface area (Å²) >= 11 is 0. The molecule has 2 N–H and O–H groups in total. The van der Waals surface area contributed by atoms with Gasteiger partial charge >= 0.3 is 0 Å². The maximum absolute atomic E-state index is 9.27. The van der Waals surface area contributed by atoms with Crippen LogP contribution < -0.4 is 10.6 Å². The SMILES string of the molecule is N#Cc1c(N2CCCC2)nn(-c2ncccn2)c1N. The van der Waals surface area contributed by atoms with Gasteiger partial charge in [0.2, 0.25) is 0 Å². The fourth-order valence-corrected chi connectivity index (χ4v) is 2.23. The van der Waals surface area contributed by atoms with E-state index in [0.29, 0.717) is 17.3 Å². The normalized spacial score (nSPS) is 14.6. The van der Waals surface area contributed by atoms with Crippen molar-refractivity contribution in [2.45, 2.75) is 12.8 Å². The van der Waals surface area contributed by atoms with Crippen LogP contribution in [0, 0.1) is 11.3 Å². The Hall–Kier alpha value is -2.62. The third-order valence-electron chi connectivity index (χ3n) is 3.16. The van der Waals surface area contributed by atoms with Crippen LogP contribution in [0.5, 0.6) is 0 Å². The number of nitrogens with zero attached hydrogens (tertiary/aromatic N) is 6. The van der Waals surface area contributed by atoms with E-state index < -0.39 is 0 Å². The lowest BCUT2D eigenvalue weighted by Crippen LogP contribution is -2.19. The third kappa shape index (κ3) is 1.87. The van der Waals surface area contributed by atoms with E-state index in [-0.39, 0.29) is 5.82 Å². The summed E-state index contributed by atoms with van der Waals surface area (Å²) in [5.74, 6) is 1.29. The summed E-state index contributed by atoms with van der Waals surface area (Å²) in [6, 6.07) is 3.84. The molecule has 1 aliphatic rings. The van der Waals surface area contributed by atoms with Crippen LogP contribution in [0.25, 0.3) is 5.95 Å². The van der Waals surface area contributed by atoms with Gasteiger partial charge in [-0.25, -0.2) is 9.97 Å². The van der Waals surface area contributed by atoms with Gasteiger partial charge in [-0.3, -0.25) is 0 Å². The van der Waals surface area contributed by atoms with E-state index in [9.17, 15) is 5.26 Å². The maximum atomic E-state index is 9.27. The molecular formula is C12H13N7. The molecule has 0 atom stereocenters. The minimum absolute atomic E-state index is 0.288. The van der Waals surface area contributed by atoms with Gasteiger partial charge in [0, 0.05) is 25.5 Å². The molecule has 1 fully saturated rings. The number of hydrogen-bond acceptors (Lipinski definition) is 6. The molecular weight excluding hydrogens is 242 g/mol. The Bertz CT molecular complexity index is 620. The van der Waals surface area contributed by atoms with Gasteiger partial charge in [0.05, 0.1) is 0 Å². The average molecular weight is 255 g/mol. The van der Waals surface area contributed by atoms with Crippen molar-refractivity contribution in [3.8, 4) is 12.0 Å². The molecule has 0 bridgehead atoms. The van der Waals surface area contributed by atoms with Gasteiger partial charge < -0.3 is 10.6 Å². The van der Waals surface area contributed by atoms with Crippen LogP contribution in [0.4, 0.5) is 11.6 Å². The summed E-state index contributed by atoms with van der Waals surface area (Å²) < 4.78 is 1.42. The van der Waals surface area contributed by atoms with Gasteiger partial charge in [0.1, 0.15) is 11.6 Å². The van der Waals surface area contributed by atoms with Gasteiger partial charge in [-0.15, -0.1) is 5.10 Å². The first-order valence-electron chi connectivity index (χ1n) is 6.12. The number of anilines is 2. The van der Waals surface area contributed by atoms with Crippen molar-refractivity contribution < 1.29 is 0 Å². The van der Waals surface area contributed by atoms with Crippen LogP contribution in [0.15, 0.2) is 18.5 Å². The number of rotatable bonds is 2. The predicted molar refractivity (Wildman–Crippen MR) is 69.7 cm³/mol. The lowest BCUT2D eigenvalue weighted by Gasteiger charge is -2.13. The number of nitrogens with two attached hydrogens (primary N) is 1. The van der Waals surface area contributed by atoms with Crippen molar-refractivity contribution in [1.82, 2.24) is 19.7 Å². The number of hydrogen-bond donors (Lipinski definition) is 1. The average Bonchev–Trinajstić information content (AvgIpc) is 3.07. The zero-order valence-corrected chi connectivity index (χ0v) is 10.3. The molecule has 2 aromatic heterocycles. The highest BCUT2D eigenvalue weighted by Gasteiger charge is 2.24. The second-order valence-electron chi connectivity index (χ2n) is 4.35. The molecule has 0 radical (unpaired) electrons. The monoisotopic (exact) mass is 255 g/mol. The van der Waals surface area contributed by atoms with Gasteiger partial charge in [-0.1, -0.05) is 0 Å². The summed E-state index contributed by atoms with van der Waals surface area (Å²) in [6.45, 7) is 1.81. The van der Waals surface area contributed by atoms with Crippen molar-refractivity contribution in [2.24, 2.45) is 0 Å². The molecule has 3 heterocycles. The van der Waals surface area contributed by atoms with Gasteiger partial charge in [0.25, 0.3) is 5.95 Å². The Morgan fingerprint density at radius 2 is 1.89 bits per heavy atom. The summed E-state index contributed by atoms with van der Waals surface area (Å²) in [7, 11) is 0. The lowest BCUT2D eigenvalue weighted by atomic mass is 10.3. The Kier molecular flexibility index (Phi) is 2.76. The van der Waals surface area contributed by atoms with Crippen molar-refractivity contribution in [1.29, 1.82) is 5.26 Å². The molecule has 7 heteroatoms. The molecule has 2 aromatic rings. The molecule has 1 aliphatic heterocycles. The first-order valence-corrected chi connectivity index (χ1v) is 6.12. The predicted octanol–water partition coefficient (Wildman–Crippen LogP) is 0.716. The van der Waals surface area contributed by atoms with E-state index in [1.807, 2.05) is 0 Å². The van der Waals surface area contributed by atoms with Crippen molar-refractivity contribution in [3.63, 3.8) is 0 Å². The Labute approximate surface area is 110 Å². The number of nitriles is 1. The Balaban J connectivity index is 2.10. The molecule has 1 saturated heterocycles. The van der Waals surface area contributed by atoms with E-state index in [0.717, 1.165) is 25.9 Å². The van der Waals surface area contributed by atoms with Crippen LogP contribution >= 0.6 is 0 Å². The Morgan fingerprint density at radius 1 is 1.21 bits per heavy atom. The first kappa shape index (κ1) is 11.5. The van der Waals surface area contributed by atoms with Crippen LogP contribution in [0.1, 0.15) is 18.4 Å². The second kappa shape index (κ2) is 4.57. The van der Waals surface area contributed by atoms with Crippen LogP contribution in [-0.4, -0.2) is 32.8 Å². The van der Waals surface area contributed by atoms with Crippen LogP contribution in [0.2, 0.25) is 0 Å². The van der Waals surface area contributed by atoms with E-state index in [2.05, 4.69) is 26.0 Å². The zero-order chi connectivity index (χ0) is 13.2. The highest BCUT2D eigenvalue weighted by molar-refractivity contribution is 5.66. The number of nitrogen functional groups attached to an aromatic ring is 1. The van der Waals surface area contributed by atoms with E-state index >= 15 is 0 Å². The summed E-state index contributed by atoms with van der Waals surface area (Å²) in [4.78, 5) is 10.3. The number of aromatic nitrogens is 4. The molecule has 3 rings (SSSR count). The van der Waals surface area contributed by atoms with Gasteiger partial charge in [-0.2, -0.15) is 9.94 Å². The smallest absolute Gasteiger partial charge is 0.252 e. The second-order valence-corrected chi connectivity index (χ2v) is 4.35. The van der Waals surface area contributed by atoms with Crippen LogP contribution in [-0.2, 0) is 0 Å². The minimum atomic E-state index is 0.288. The van der Waals surface area contributed by atoms with Crippen molar-refractivity contribution in [2.75, 3.05) is 23.7 Å². The van der Waals surface area contributed by atoms with E-state index in [4.69, 9.17) is 5.73 Å². The summed E-state index contributed by atoms with van der Waals surface area (Å²) in [5.41, 5.74) is 6.38. The molecule has 0 amide bonds. The molecule has 0 saturated carbocycles. The molecule has 0 unspecified atom stereocenters. The lowest BCUT2D eigenvalue weighted by molar-refractivity contribution is 0.799. The van der Waals surface area contributed by atoms with Crippen molar-refractivity contribution >= 4 is 11.6 Å². The third-order valence-corrected chi connectivity index (χ3v) is 3.16. The summed E-state index contributed by atoms with van der Waals surface area (Å²) in [6.07, 6.45) is 5.45. The van der Waals surface area contributed by atoms with E-state index in [1.165, 1.54) is 4.68 Å². The van der Waals surface area contributed by atoms with Gasteiger partial charge in [-0.05, 0) is 18.9 Å². The van der Waals surface area contributed by atoms with Gasteiger partial charge in [0.15, 0.2) is 11.6 Å². The largest absolute Gasteiger partial charge is 0.382 e. The Morgan fingerprint density at radius 3 is 2.53 bits per heavy atom. The quantitative estimate of drug-likeness (QED) is 0.849. The van der Waals surface area contributed by atoms with E-state index in [1.54, 1.807) is 18.5 Å². The van der Waals surface area contributed by atoms with Crippen molar-refractivity contribution in [3.05, 3.63) is 24.0 Å². The highest BCUT2D eigenvalue weighted by atomic mass is 15.4. The zero-order valence-electron chi connectivity index (χ0n) is 10.3. The molecule has 19 heavy (non-hydrogen) atoms. The fraction of sp³-hybridized carbons (Fsp3) is 0.333. The molecule has 0 aromatic carbocycles. The molecule has 7 nitrogen and oxygen atoms in total. The highest BCUT2D eigenvalue weighted by Crippen LogP contribution is 2.28. The molecule has 0 aliphatic carbocycles. The maximum Gasteiger partial charge on any atom is 0.252 e. The first-order chi connectivity index (χ1) is 9.31. The summed E-state index contributed by atoms with van der Waals surface area (Å²) in [5, 5.41) is 13.7. The fourth-order valence-electron chi connectivity index (χ4n) is 2.23. The van der Waals surface area contributed by atoms with Crippen LogP contribution in [0.3, 0.4) is 0 Å².